The minimum absolute atomic E-state index is 0.204. The largest absolute Gasteiger partial charge is 0.378 e. The lowest BCUT2D eigenvalue weighted by Gasteiger charge is -2.20. The number of pyridine rings is 1. The van der Waals surface area contributed by atoms with Crippen LogP contribution < -0.4 is 20.4 Å². The molecule has 1 atom stereocenters. The van der Waals surface area contributed by atoms with Gasteiger partial charge in [-0.25, -0.2) is 14.4 Å². The van der Waals surface area contributed by atoms with Gasteiger partial charge in [-0.05, 0) is 43.2 Å². The van der Waals surface area contributed by atoms with Gasteiger partial charge in [0.15, 0.2) is 17.6 Å². The number of hydrogen-bond acceptors (Lipinski definition) is 4. The second kappa shape index (κ2) is 9.39. The summed E-state index contributed by atoms with van der Waals surface area (Å²) < 4.78 is 14.0. The number of nitrogens with one attached hydrogen (secondary N) is 2. The molecule has 6 nitrogen and oxygen atoms in total. The quantitative estimate of drug-likeness (QED) is 0.592. The number of halogens is 1. The van der Waals surface area contributed by atoms with Crippen molar-refractivity contribution in [2.45, 2.75) is 25.9 Å². The Morgan fingerprint density at radius 2 is 2.07 bits per heavy atom. The molecule has 0 saturated carbocycles. The van der Waals surface area contributed by atoms with E-state index < -0.39 is 0 Å². The summed E-state index contributed by atoms with van der Waals surface area (Å²) in [5.74, 6) is 0.937. The van der Waals surface area contributed by atoms with Crippen molar-refractivity contribution in [1.82, 2.24) is 15.6 Å². The Morgan fingerprint density at radius 3 is 2.75 bits per heavy atom. The number of aromatic nitrogens is 1. The molecule has 0 bridgehead atoms. The fourth-order valence-corrected chi connectivity index (χ4v) is 3.26. The van der Waals surface area contributed by atoms with Gasteiger partial charge in [-0.2, -0.15) is 0 Å². The van der Waals surface area contributed by atoms with Crippen LogP contribution in [0.2, 0.25) is 0 Å². The van der Waals surface area contributed by atoms with Crippen LogP contribution in [0, 0.1) is 5.82 Å². The molecule has 3 rings (SSSR count). The molecule has 1 aromatic carbocycles. The minimum Gasteiger partial charge on any atom is -0.378 e. The number of aliphatic imine (C=N–C) groups is 1. The van der Waals surface area contributed by atoms with E-state index in [1.165, 1.54) is 11.8 Å². The van der Waals surface area contributed by atoms with E-state index in [9.17, 15) is 4.39 Å². The summed E-state index contributed by atoms with van der Waals surface area (Å²) in [6, 6.07) is 11.7. The van der Waals surface area contributed by atoms with Crippen molar-refractivity contribution in [3.8, 4) is 0 Å². The molecule has 0 amide bonds. The van der Waals surface area contributed by atoms with E-state index in [0.717, 1.165) is 31.0 Å². The van der Waals surface area contributed by atoms with E-state index >= 15 is 0 Å². The molecule has 150 valence electrons. The van der Waals surface area contributed by atoms with Gasteiger partial charge in [0.05, 0.1) is 6.54 Å². The van der Waals surface area contributed by atoms with Gasteiger partial charge in [-0.1, -0.05) is 12.1 Å². The lowest BCUT2D eigenvalue weighted by Crippen LogP contribution is -2.44. The molecule has 28 heavy (non-hydrogen) atoms. The van der Waals surface area contributed by atoms with Crippen molar-refractivity contribution < 1.29 is 4.39 Å². The molecule has 1 aliphatic rings. The predicted octanol–water partition coefficient (Wildman–Crippen LogP) is 2.62. The Kier molecular flexibility index (Phi) is 6.68. The summed E-state index contributed by atoms with van der Waals surface area (Å²) in [4.78, 5) is 13.0. The lowest BCUT2D eigenvalue weighted by molar-refractivity contribution is 0.612. The van der Waals surface area contributed by atoms with E-state index in [4.69, 9.17) is 4.99 Å². The molecule has 0 spiro atoms. The first-order chi connectivity index (χ1) is 13.6. The highest BCUT2D eigenvalue weighted by atomic mass is 19.1. The maximum Gasteiger partial charge on any atom is 0.191 e. The number of nitrogens with zero attached hydrogens (tertiary/aromatic N) is 4. The monoisotopic (exact) mass is 384 g/mol. The topological polar surface area (TPSA) is 55.8 Å². The SMILES string of the molecule is CCNC(=NCc1ccc(N(C)C)cc1)NC1CCN(c2ncccc2F)C1. The van der Waals surface area contributed by atoms with Crippen molar-refractivity contribution in [3.05, 3.63) is 54.0 Å². The van der Waals surface area contributed by atoms with Gasteiger partial charge < -0.3 is 20.4 Å². The zero-order chi connectivity index (χ0) is 19.9. The first-order valence-corrected chi connectivity index (χ1v) is 9.73. The van der Waals surface area contributed by atoms with Crippen LogP contribution in [-0.2, 0) is 6.54 Å². The molecule has 0 radical (unpaired) electrons. The number of benzene rings is 1. The van der Waals surface area contributed by atoms with E-state index in [2.05, 4.69) is 44.8 Å². The smallest absolute Gasteiger partial charge is 0.191 e. The fraction of sp³-hybridized carbons (Fsp3) is 0.429. The lowest BCUT2D eigenvalue weighted by atomic mass is 10.2. The second-order valence-electron chi connectivity index (χ2n) is 7.14. The zero-order valence-electron chi connectivity index (χ0n) is 16.8. The summed E-state index contributed by atoms with van der Waals surface area (Å²) in [6.07, 6.45) is 2.55. The normalized spacial score (nSPS) is 16.9. The standard InChI is InChI=1S/C21H29FN6/c1-4-23-21(25-14-16-7-9-18(10-8-16)27(2)3)26-17-11-13-28(15-17)20-19(22)6-5-12-24-20/h5-10,12,17H,4,11,13-15H2,1-3H3,(H2,23,25,26). The molecule has 2 aromatic rings. The zero-order valence-corrected chi connectivity index (χ0v) is 16.8. The van der Waals surface area contributed by atoms with Crippen LogP contribution in [0.15, 0.2) is 47.6 Å². The highest BCUT2D eigenvalue weighted by Crippen LogP contribution is 2.20. The van der Waals surface area contributed by atoms with Crippen molar-refractivity contribution >= 4 is 17.5 Å². The minimum atomic E-state index is -0.273. The van der Waals surface area contributed by atoms with Crippen LogP contribution in [0.4, 0.5) is 15.9 Å². The summed E-state index contributed by atoms with van der Waals surface area (Å²) in [6.45, 7) is 4.92. The molecule has 1 aliphatic heterocycles. The number of rotatable bonds is 6. The molecule has 2 heterocycles. The third-order valence-electron chi connectivity index (χ3n) is 4.78. The third kappa shape index (κ3) is 5.12. The van der Waals surface area contributed by atoms with Gasteiger partial charge in [0.1, 0.15) is 0 Å². The molecule has 2 N–H and O–H groups in total. The summed E-state index contributed by atoms with van der Waals surface area (Å²) in [5, 5.41) is 6.77. The van der Waals surface area contributed by atoms with Crippen LogP contribution >= 0.6 is 0 Å². The van der Waals surface area contributed by atoms with Gasteiger partial charge in [-0.3, -0.25) is 0 Å². The van der Waals surface area contributed by atoms with Gasteiger partial charge in [0.2, 0.25) is 0 Å². The van der Waals surface area contributed by atoms with Crippen molar-refractivity contribution in [1.29, 1.82) is 0 Å². The highest BCUT2D eigenvalue weighted by Gasteiger charge is 2.25. The second-order valence-corrected chi connectivity index (χ2v) is 7.14. The molecule has 1 unspecified atom stereocenters. The van der Waals surface area contributed by atoms with Crippen molar-refractivity contribution in [2.75, 3.05) is 43.5 Å². The Bertz CT molecular complexity index is 790. The number of guanidine groups is 1. The molecule has 0 aliphatic carbocycles. The summed E-state index contributed by atoms with van der Waals surface area (Å²) in [7, 11) is 4.06. The highest BCUT2D eigenvalue weighted by molar-refractivity contribution is 5.80. The van der Waals surface area contributed by atoms with Gasteiger partial charge >= 0.3 is 0 Å². The Morgan fingerprint density at radius 1 is 1.29 bits per heavy atom. The van der Waals surface area contributed by atoms with E-state index in [1.807, 2.05) is 25.9 Å². The summed E-state index contributed by atoms with van der Waals surface area (Å²) in [5.41, 5.74) is 2.33. The number of hydrogen-bond donors (Lipinski definition) is 2. The van der Waals surface area contributed by atoms with Crippen LogP contribution in [-0.4, -0.2) is 50.7 Å². The fourth-order valence-electron chi connectivity index (χ4n) is 3.26. The van der Waals surface area contributed by atoms with Crippen LogP contribution in [0.5, 0.6) is 0 Å². The predicted molar refractivity (Wildman–Crippen MR) is 114 cm³/mol. The van der Waals surface area contributed by atoms with Crippen LogP contribution in [0.1, 0.15) is 18.9 Å². The summed E-state index contributed by atoms with van der Waals surface area (Å²) >= 11 is 0. The third-order valence-corrected chi connectivity index (χ3v) is 4.78. The molecule has 7 heteroatoms. The van der Waals surface area contributed by atoms with Gasteiger partial charge in [0.25, 0.3) is 0 Å². The molecule has 1 fully saturated rings. The Balaban J connectivity index is 1.60. The molecule has 1 saturated heterocycles. The molecular formula is C21H29FN6. The Labute approximate surface area is 166 Å². The van der Waals surface area contributed by atoms with Crippen molar-refractivity contribution in [2.24, 2.45) is 4.99 Å². The van der Waals surface area contributed by atoms with E-state index in [0.29, 0.717) is 18.9 Å². The molecular weight excluding hydrogens is 355 g/mol. The maximum absolute atomic E-state index is 14.0. The van der Waals surface area contributed by atoms with Gasteiger partial charge in [-0.15, -0.1) is 0 Å². The van der Waals surface area contributed by atoms with Crippen LogP contribution in [0.3, 0.4) is 0 Å². The molecule has 1 aromatic heterocycles. The first-order valence-electron chi connectivity index (χ1n) is 9.73. The van der Waals surface area contributed by atoms with E-state index in [-0.39, 0.29) is 11.9 Å². The van der Waals surface area contributed by atoms with Crippen molar-refractivity contribution in [3.63, 3.8) is 0 Å². The van der Waals surface area contributed by atoms with Crippen LogP contribution in [0.25, 0.3) is 0 Å². The van der Waals surface area contributed by atoms with Gasteiger partial charge in [0, 0.05) is 51.7 Å². The maximum atomic E-state index is 14.0. The Hall–Kier alpha value is -2.83. The van der Waals surface area contributed by atoms with E-state index in [1.54, 1.807) is 12.3 Å². The average molecular weight is 385 g/mol. The average Bonchev–Trinajstić information content (AvgIpc) is 3.15. The number of anilines is 2. The first kappa shape index (κ1) is 19.9.